The molecule has 0 aliphatic heterocycles. The van der Waals surface area contributed by atoms with Crippen molar-refractivity contribution in [2.75, 3.05) is 0 Å². The van der Waals surface area contributed by atoms with Gasteiger partial charge in [-0.3, -0.25) is 9.59 Å². The maximum absolute atomic E-state index is 12.0. The molecule has 4 nitrogen and oxygen atoms in total. The molecule has 0 radical (unpaired) electrons. The first kappa shape index (κ1) is 14.4. The molecule has 0 atom stereocenters. The summed E-state index contributed by atoms with van der Waals surface area (Å²) >= 11 is 0. The molecular weight excluding hydrogens is 240 g/mol. The molecule has 0 aromatic carbocycles. The first-order valence-electron chi connectivity index (χ1n) is 7.61. The lowest BCUT2D eigenvalue weighted by Crippen LogP contribution is -2.48. The van der Waals surface area contributed by atoms with Gasteiger partial charge in [-0.2, -0.15) is 0 Å². The Morgan fingerprint density at radius 3 is 1.26 bits per heavy atom. The van der Waals surface area contributed by atoms with Gasteiger partial charge in [-0.1, -0.05) is 38.5 Å². The van der Waals surface area contributed by atoms with E-state index in [4.69, 9.17) is 11.5 Å². The predicted octanol–water partition coefficient (Wildman–Crippen LogP) is 2.25. The number of hydrogen-bond acceptors (Lipinski definition) is 2. The van der Waals surface area contributed by atoms with E-state index in [1.54, 1.807) is 0 Å². The van der Waals surface area contributed by atoms with Gasteiger partial charge in [0.05, 0.1) is 0 Å². The Labute approximate surface area is 115 Å². The van der Waals surface area contributed by atoms with Crippen LogP contribution < -0.4 is 11.5 Å². The summed E-state index contributed by atoms with van der Waals surface area (Å²) in [4.78, 5) is 24.0. The zero-order valence-electron chi connectivity index (χ0n) is 11.7. The summed E-state index contributed by atoms with van der Waals surface area (Å²) in [5.74, 6) is -0.447. The fourth-order valence-corrected chi connectivity index (χ4v) is 4.13. The molecule has 4 heteroatoms. The van der Waals surface area contributed by atoms with E-state index in [0.717, 1.165) is 51.4 Å². The number of carbonyl (C=O) groups excluding carboxylic acids is 2. The highest BCUT2D eigenvalue weighted by atomic mass is 16.2. The van der Waals surface area contributed by atoms with Crippen LogP contribution in [0, 0.1) is 10.8 Å². The normalized spacial score (nSPS) is 25.7. The van der Waals surface area contributed by atoms with Crippen LogP contribution in [-0.4, -0.2) is 11.8 Å². The second-order valence-electron chi connectivity index (χ2n) is 6.59. The molecule has 0 aromatic rings. The van der Waals surface area contributed by atoms with Gasteiger partial charge in [0.2, 0.25) is 11.8 Å². The molecule has 2 saturated carbocycles. The molecule has 0 saturated heterocycles. The minimum absolute atomic E-state index is 0.224. The quantitative estimate of drug-likeness (QED) is 0.817. The van der Waals surface area contributed by atoms with Crippen molar-refractivity contribution >= 4 is 11.8 Å². The third-order valence-corrected chi connectivity index (χ3v) is 5.34. The van der Waals surface area contributed by atoms with Crippen molar-refractivity contribution in [3.63, 3.8) is 0 Å². The van der Waals surface area contributed by atoms with Crippen molar-refractivity contribution < 1.29 is 9.59 Å². The topological polar surface area (TPSA) is 86.2 Å². The lowest BCUT2D eigenvalue weighted by molar-refractivity contribution is -0.139. The monoisotopic (exact) mass is 266 g/mol. The van der Waals surface area contributed by atoms with Crippen LogP contribution >= 0.6 is 0 Å². The summed E-state index contributed by atoms with van der Waals surface area (Å²) in [6, 6.07) is 0. The van der Waals surface area contributed by atoms with Crippen LogP contribution in [0.25, 0.3) is 0 Å². The number of carbonyl (C=O) groups is 2. The zero-order chi connectivity index (χ0) is 13.9. The van der Waals surface area contributed by atoms with E-state index in [0.29, 0.717) is 6.42 Å². The number of hydrogen-bond donors (Lipinski definition) is 2. The molecular formula is C15H26N2O2. The summed E-state index contributed by atoms with van der Waals surface area (Å²) in [5.41, 5.74) is 10.4. The van der Waals surface area contributed by atoms with Gasteiger partial charge in [0.15, 0.2) is 0 Å². The standard InChI is InChI=1S/C15H26N2O2/c16-12(18)14(7-3-1-4-8-14)11-15(13(17)19)9-5-2-6-10-15/h1-11H2,(H2,16,18)(H2,17,19). The Bertz CT molecular complexity index is 319. The summed E-state index contributed by atoms with van der Waals surface area (Å²) in [7, 11) is 0. The molecule has 4 N–H and O–H groups in total. The molecule has 2 amide bonds. The smallest absolute Gasteiger partial charge is 0.223 e. The molecule has 0 unspecified atom stereocenters. The molecule has 0 heterocycles. The maximum Gasteiger partial charge on any atom is 0.223 e. The van der Waals surface area contributed by atoms with Crippen molar-refractivity contribution in [3.05, 3.63) is 0 Å². The van der Waals surface area contributed by atoms with E-state index >= 15 is 0 Å². The average Bonchev–Trinajstić information content (AvgIpc) is 2.40. The predicted molar refractivity (Wildman–Crippen MR) is 74.0 cm³/mol. The molecule has 0 bridgehead atoms. The van der Waals surface area contributed by atoms with Gasteiger partial charge in [0.1, 0.15) is 0 Å². The largest absolute Gasteiger partial charge is 0.369 e. The van der Waals surface area contributed by atoms with Crippen LogP contribution in [-0.2, 0) is 9.59 Å². The van der Waals surface area contributed by atoms with E-state index in [9.17, 15) is 9.59 Å². The second-order valence-corrected chi connectivity index (χ2v) is 6.59. The fraction of sp³-hybridized carbons (Fsp3) is 0.867. The second kappa shape index (κ2) is 5.51. The molecule has 108 valence electrons. The molecule has 2 rings (SSSR count). The number of amides is 2. The molecule has 0 aromatic heterocycles. The fourth-order valence-electron chi connectivity index (χ4n) is 4.13. The summed E-state index contributed by atoms with van der Waals surface area (Å²) in [5, 5.41) is 0. The van der Waals surface area contributed by atoms with Gasteiger partial charge in [0.25, 0.3) is 0 Å². The lowest BCUT2D eigenvalue weighted by Gasteiger charge is -2.43. The molecule has 2 fully saturated rings. The van der Waals surface area contributed by atoms with E-state index in [2.05, 4.69) is 0 Å². The van der Waals surface area contributed by atoms with E-state index in [1.165, 1.54) is 12.8 Å². The highest BCUT2D eigenvalue weighted by Gasteiger charge is 2.48. The van der Waals surface area contributed by atoms with Crippen LogP contribution in [0.2, 0.25) is 0 Å². The summed E-state index contributed by atoms with van der Waals surface area (Å²) in [6.45, 7) is 0. The van der Waals surface area contributed by atoms with Crippen molar-refractivity contribution in [1.82, 2.24) is 0 Å². The van der Waals surface area contributed by atoms with Gasteiger partial charge < -0.3 is 11.5 Å². The van der Waals surface area contributed by atoms with Crippen molar-refractivity contribution in [2.45, 2.75) is 70.6 Å². The van der Waals surface area contributed by atoms with Crippen LogP contribution in [0.1, 0.15) is 70.6 Å². The van der Waals surface area contributed by atoms with Gasteiger partial charge in [-0.25, -0.2) is 0 Å². The number of primary amides is 2. The average molecular weight is 266 g/mol. The van der Waals surface area contributed by atoms with Crippen molar-refractivity contribution in [1.29, 1.82) is 0 Å². The van der Waals surface area contributed by atoms with Crippen molar-refractivity contribution in [2.24, 2.45) is 22.3 Å². The summed E-state index contributed by atoms with van der Waals surface area (Å²) < 4.78 is 0. The third-order valence-electron chi connectivity index (χ3n) is 5.34. The summed E-state index contributed by atoms with van der Waals surface area (Å²) in [6.07, 6.45) is 10.4. The molecule has 19 heavy (non-hydrogen) atoms. The van der Waals surface area contributed by atoms with Crippen LogP contribution in [0.15, 0.2) is 0 Å². The van der Waals surface area contributed by atoms with Gasteiger partial charge in [-0.05, 0) is 32.1 Å². The first-order chi connectivity index (χ1) is 9.01. The molecule has 0 spiro atoms. The zero-order valence-corrected chi connectivity index (χ0v) is 11.7. The van der Waals surface area contributed by atoms with Gasteiger partial charge >= 0.3 is 0 Å². The Morgan fingerprint density at radius 2 is 1.00 bits per heavy atom. The van der Waals surface area contributed by atoms with Crippen LogP contribution in [0.3, 0.4) is 0 Å². The Balaban J connectivity index is 2.22. The minimum Gasteiger partial charge on any atom is -0.369 e. The van der Waals surface area contributed by atoms with Crippen LogP contribution in [0.5, 0.6) is 0 Å². The Hall–Kier alpha value is -1.06. The van der Waals surface area contributed by atoms with E-state index in [-0.39, 0.29) is 11.8 Å². The highest BCUT2D eigenvalue weighted by molar-refractivity contribution is 5.85. The maximum atomic E-state index is 12.0. The molecule has 2 aliphatic rings. The number of nitrogens with two attached hydrogens (primary N) is 2. The first-order valence-corrected chi connectivity index (χ1v) is 7.61. The van der Waals surface area contributed by atoms with Crippen molar-refractivity contribution in [3.8, 4) is 0 Å². The number of rotatable bonds is 4. The van der Waals surface area contributed by atoms with Gasteiger partial charge in [0, 0.05) is 10.8 Å². The molecule has 2 aliphatic carbocycles. The Morgan fingerprint density at radius 1 is 0.684 bits per heavy atom. The highest BCUT2D eigenvalue weighted by Crippen LogP contribution is 2.50. The third kappa shape index (κ3) is 2.77. The van der Waals surface area contributed by atoms with E-state index < -0.39 is 10.8 Å². The lowest BCUT2D eigenvalue weighted by atomic mass is 9.59. The Kier molecular flexibility index (Phi) is 4.16. The SMILES string of the molecule is NC(=O)C1(CC2(C(N)=O)CCCCC2)CCCCC1. The van der Waals surface area contributed by atoms with Gasteiger partial charge in [-0.15, -0.1) is 0 Å². The minimum atomic E-state index is -0.482. The van der Waals surface area contributed by atoms with Crippen LogP contribution in [0.4, 0.5) is 0 Å². The van der Waals surface area contributed by atoms with E-state index in [1.807, 2.05) is 0 Å².